The predicted molar refractivity (Wildman–Crippen MR) is 77.9 cm³/mol. The first-order chi connectivity index (χ1) is 10.2. The van der Waals surface area contributed by atoms with Crippen LogP contribution in [0.15, 0.2) is 36.5 Å². The molecule has 0 saturated carbocycles. The van der Waals surface area contributed by atoms with E-state index in [1.807, 2.05) is 35.2 Å². The van der Waals surface area contributed by atoms with E-state index in [0.29, 0.717) is 19.0 Å². The third kappa shape index (κ3) is 2.52. The molecule has 1 aromatic heterocycles. The van der Waals surface area contributed by atoms with Crippen LogP contribution in [-0.2, 0) is 17.8 Å². The van der Waals surface area contributed by atoms with Gasteiger partial charge in [0.2, 0.25) is 5.91 Å². The lowest BCUT2D eigenvalue weighted by Crippen LogP contribution is -2.42. The molecule has 1 aliphatic rings. The average Bonchev–Trinajstić information content (AvgIpc) is 2.87. The Balaban J connectivity index is 1.92. The first kappa shape index (κ1) is 13.4. The van der Waals surface area contributed by atoms with Gasteiger partial charge >= 0.3 is 6.01 Å². The van der Waals surface area contributed by atoms with E-state index in [-0.39, 0.29) is 11.9 Å². The van der Waals surface area contributed by atoms with Crippen molar-refractivity contribution in [3.63, 3.8) is 0 Å². The summed E-state index contributed by atoms with van der Waals surface area (Å²) in [5.41, 5.74) is 8.48. The number of hydrogen-bond donors (Lipinski definition) is 1. The standard InChI is InChI=1S/C15H16N4O2/c1-21-15-17-7-6-11(18-15)9-19-12-5-3-2-4-10(12)8-13(19)14(16)20/h2-7,13H,8-9H2,1H3,(H2,16,20)/t13-/m0/s1. The second kappa shape index (κ2) is 5.40. The first-order valence-corrected chi connectivity index (χ1v) is 6.69. The molecule has 1 atom stereocenters. The summed E-state index contributed by atoms with van der Waals surface area (Å²) >= 11 is 0. The van der Waals surface area contributed by atoms with Crippen LogP contribution >= 0.6 is 0 Å². The molecule has 3 rings (SSSR count). The molecule has 108 valence electrons. The fraction of sp³-hybridized carbons (Fsp3) is 0.267. The SMILES string of the molecule is COc1nccc(CN2c3ccccc3C[C@H]2C(N)=O)n1. The van der Waals surface area contributed by atoms with E-state index >= 15 is 0 Å². The Morgan fingerprint density at radius 1 is 1.43 bits per heavy atom. The van der Waals surface area contributed by atoms with Gasteiger partial charge in [0.05, 0.1) is 19.3 Å². The van der Waals surface area contributed by atoms with Crippen molar-refractivity contribution in [1.29, 1.82) is 0 Å². The highest BCUT2D eigenvalue weighted by atomic mass is 16.5. The lowest BCUT2D eigenvalue weighted by Gasteiger charge is -2.25. The Morgan fingerprint density at radius 3 is 3.00 bits per heavy atom. The molecule has 6 nitrogen and oxygen atoms in total. The Kier molecular flexibility index (Phi) is 3.43. The summed E-state index contributed by atoms with van der Waals surface area (Å²) in [6.45, 7) is 0.490. The molecule has 21 heavy (non-hydrogen) atoms. The summed E-state index contributed by atoms with van der Waals surface area (Å²) in [7, 11) is 1.52. The average molecular weight is 284 g/mol. The lowest BCUT2D eigenvalue weighted by atomic mass is 10.1. The second-order valence-electron chi connectivity index (χ2n) is 4.91. The number of carbonyl (C=O) groups excluding carboxylic acids is 1. The number of benzene rings is 1. The second-order valence-corrected chi connectivity index (χ2v) is 4.91. The number of rotatable bonds is 4. The summed E-state index contributed by atoms with van der Waals surface area (Å²) in [5.74, 6) is -0.327. The number of nitrogens with zero attached hydrogens (tertiary/aromatic N) is 3. The fourth-order valence-corrected chi connectivity index (χ4v) is 2.64. The van der Waals surface area contributed by atoms with Gasteiger partial charge < -0.3 is 15.4 Å². The molecule has 6 heteroatoms. The van der Waals surface area contributed by atoms with Crippen LogP contribution in [0.1, 0.15) is 11.3 Å². The van der Waals surface area contributed by atoms with Gasteiger partial charge in [-0.05, 0) is 17.7 Å². The number of aromatic nitrogens is 2. The van der Waals surface area contributed by atoms with Gasteiger partial charge in [0.25, 0.3) is 0 Å². The minimum absolute atomic E-state index is 0.315. The highest BCUT2D eigenvalue weighted by Crippen LogP contribution is 2.33. The zero-order chi connectivity index (χ0) is 14.8. The predicted octanol–water partition coefficient (Wildman–Crippen LogP) is 0.902. The van der Waals surface area contributed by atoms with Crippen molar-refractivity contribution in [3.8, 4) is 6.01 Å². The highest BCUT2D eigenvalue weighted by molar-refractivity contribution is 5.86. The zero-order valence-corrected chi connectivity index (χ0v) is 11.7. The lowest BCUT2D eigenvalue weighted by molar-refractivity contribution is -0.119. The van der Waals surface area contributed by atoms with Gasteiger partial charge in [-0.25, -0.2) is 4.98 Å². The van der Waals surface area contributed by atoms with Crippen LogP contribution in [0.4, 0.5) is 5.69 Å². The Hall–Kier alpha value is -2.63. The molecule has 0 aliphatic carbocycles. The topological polar surface area (TPSA) is 81.3 Å². The number of fused-ring (bicyclic) bond motifs is 1. The maximum Gasteiger partial charge on any atom is 0.316 e. The summed E-state index contributed by atoms with van der Waals surface area (Å²) < 4.78 is 5.03. The molecular weight excluding hydrogens is 268 g/mol. The maximum atomic E-state index is 11.7. The maximum absolute atomic E-state index is 11.7. The fourth-order valence-electron chi connectivity index (χ4n) is 2.64. The van der Waals surface area contributed by atoms with Crippen LogP contribution < -0.4 is 15.4 Å². The van der Waals surface area contributed by atoms with Crippen molar-refractivity contribution < 1.29 is 9.53 Å². The Morgan fingerprint density at radius 2 is 2.24 bits per heavy atom. The number of ether oxygens (including phenoxy) is 1. The molecule has 1 amide bonds. The molecule has 0 saturated heterocycles. The van der Waals surface area contributed by atoms with E-state index in [1.165, 1.54) is 7.11 Å². The molecule has 0 bridgehead atoms. The normalized spacial score (nSPS) is 16.6. The Labute approximate surface area is 122 Å². The van der Waals surface area contributed by atoms with E-state index in [0.717, 1.165) is 16.9 Å². The van der Waals surface area contributed by atoms with Crippen LogP contribution in [0.25, 0.3) is 0 Å². The summed E-state index contributed by atoms with van der Waals surface area (Å²) in [6.07, 6.45) is 2.27. The quantitative estimate of drug-likeness (QED) is 0.902. The number of amides is 1. The minimum Gasteiger partial charge on any atom is -0.467 e. The molecule has 2 aromatic rings. The molecule has 2 heterocycles. The number of primary amides is 1. The van der Waals surface area contributed by atoms with Gasteiger partial charge in [-0.15, -0.1) is 0 Å². The third-order valence-electron chi connectivity index (χ3n) is 3.63. The number of para-hydroxylation sites is 1. The van der Waals surface area contributed by atoms with Crippen LogP contribution in [0.3, 0.4) is 0 Å². The van der Waals surface area contributed by atoms with Crippen molar-refractivity contribution in [1.82, 2.24) is 9.97 Å². The molecular formula is C15H16N4O2. The molecule has 1 aliphatic heterocycles. The number of hydrogen-bond acceptors (Lipinski definition) is 5. The van der Waals surface area contributed by atoms with E-state index in [4.69, 9.17) is 10.5 Å². The minimum atomic E-state index is -0.344. The van der Waals surface area contributed by atoms with Crippen LogP contribution in [-0.4, -0.2) is 29.0 Å². The molecule has 0 spiro atoms. The van der Waals surface area contributed by atoms with Crippen LogP contribution in [0.5, 0.6) is 6.01 Å². The number of carbonyl (C=O) groups is 1. The molecule has 0 unspecified atom stereocenters. The van der Waals surface area contributed by atoms with Crippen molar-refractivity contribution in [2.75, 3.05) is 12.0 Å². The van der Waals surface area contributed by atoms with Crippen LogP contribution in [0, 0.1) is 0 Å². The third-order valence-corrected chi connectivity index (χ3v) is 3.63. The van der Waals surface area contributed by atoms with E-state index < -0.39 is 0 Å². The smallest absolute Gasteiger partial charge is 0.316 e. The molecule has 0 radical (unpaired) electrons. The van der Waals surface area contributed by atoms with Crippen molar-refractivity contribution in [2.24, 2.45) is 5.73 Å². The van der Waals surface area contributed by atoms with Crippen molar-refractivity contribution in [3.05, 3.63) is 47.8 Å². The molecule has 0 fully saturated rings. The van der Waals surface area contributed by atoms with Crippen molar-refractivity contribution in [2.45, 2.75) is 19.0 Å². The van der Waals surface area contributed by atoms with Gasteiger partial charge in [-0.1, -0.05) is 18.2 Å². The van der Waals surface area contributed by atoms with Gasteiger partial charge in [0.1, 0.15) is 6.04 Å². The molecule has 2 N–H and O–H groups in total. The molecule has 1 aromatic carbocycles. The monoisotopic (exact) mass is 284 g/mol. The van der Waals surface area contributed by atoms with Gasteiger partial charge in [-0.2, -0.15) is 4.98 Å². The number of anilines is 1. The summed E-state index contributed by atoms with van der Waals surface area (Å²) in [5, 5.41) is 0. The highest BCUT2D eigenvalue weighted by Gasteiger charge is 2.33. The van der Waals surface area contributed by atoms with Crippen LogP contribution in [0.2, 0.25) is 0 Å². The van der Waals surface area contributed by atoms with Gasteiger partial charge in [0.15, 0.2) is 0 Å². The van der Waals surface area contributed by atoms with E-state index in [2.05, 4.69) is 9.97 Å². The largest absolute Gasteiger partial charge is 0.467 e. The number of methoxy groups -OCH3 is 1. The van der Waals surface area contributed by atoms with Crippen molar-refractivity contribution >= 4 is 11.6 Å². The summed E-state index contributed by atoms with van der Waals surface area (Å²) in [6, 6.07) is 9.72. The van der Waals surface area contributed by atoms with Gasteiger partial charge in [0, 0.05) is 18.3 Å². The zero-order valence-electron chi connectivity index (χ0n) is 11.7. The summed E-state index contributed by atoms with van der Waals surface area (Å²) in [4.78, 5) is 22.0. The van der Waals surface area contributed by atoms with E-state index in [9.17, 15) is 4.79 Å². The first-order valence-electron chi connectivity index (χ1n) is 6.69. The Bertz CT molecular complexity index is 674. The van der Waals surface area contributed by atoms with E-state index in [1.54, 1.807) is 6.20 Å². The van der Waals surface area contributed by atoms with Gasteiger partial charge in [-0.3, -0.25) is 4.79 Å². The number of nitrogens with two attached hydrogens (primary N) is 1.